The van der Waals surface area contributed by atoms with Crippen molar-refractivity contribution in [3.63, 3.8) is 0 Å². The summed E-state index contributed by atoms with van der Waals surface area (Å²) in [7, 11) is 0. The fraction of sp³-hybridized carbons (Fsp3) is 0.182. The monoisotopic (exact) mass is 441 g/mol. The molecule has 2 heterocycles. The van der Waals surface area contributed by atoms with Crippen LogP contribution in [0.2, 0.25) is 0 Å². The number of hydrogen-bond acceptors (Lipinski definition) is 4. The van der Waals surface area contributed by atoms with Crippen molar-refractivity contribution in [1.82, 2.24) is 19.4 Å². The smallest absolute Gasteiger partial charge is 0.324 e. The summed E-state index contributed by atoms with van der Waals surface area (Å²) in [6, 6.07) is 13.4. The molecule has 2 aromatic heterocycles. The fourth-order valence-corrected chi connectivity index (χ4v) is 3.18. The van der Waals surface area contributed by atoms with Gasteiger partial charge in [-0.2, -0.15) is 22.8 Å². The number of amides is 1. The molecule has 0 atom stereocenters. The van der Waals surface area contributed by atoms with E-state index in [0.29, 0.717) is 5.69 Å². The Morgan fingerprint density at radius 1 is 1.00 bits per heavy atom. The van der Waals surface area contributed by atoms with Crippen molar-refractivity contribution in [3.8, 4) is 11.3 Å². The molecule has 0 aliphatic rings. The van der Waals surface area contributed by atoms with Crippen LogP contribution in [0.5, 0.6) is 0 Å². The number of nitrogens with zero attached hydrogens (tertiary/aromatic N) is 4. The van der Waals surface area contributed by atoms with Crippen LogP contribution in [0.1, 0.15) is 16.7 Å². The zero-order valence-electron chi connectivity index (χ0n) is 17.1. The first-order chi connectivity index (χ1) is 15.1. The van der Waals surface area contributed by atoms with Crippen molar-refractivity contribution < 1.29 is 18.0 Å². The number of nitrogens with one attached hydrogen (secondary N) is 1. The topological polar surface area (TPSA) is 81.3 Å². The second-order valence-corrected chi connectivity index (χ2v) is 7.35. The van der Waals surface area contributed by atoms with Gasteiger partial charge in [0.25, 0.3) is 0 Å². The lowest BCUT2D eigenvalue weighted by Crippen LogP contribution is -2.29. The van der Waals surface area contributed by atoms with Gasteiger partial charge in [0.1, 0.15) is 6.54 Å². The molecule has 1 amide bonds. The minimum Gasteiger partial charge on any atom is -0.324 e. The third-order valence-electron chi connectivity index (χ3n) is 5.01. The van der Waals surface area contributed by atoms with Gasteiger partial charge in [-0.05, 0) is 61.4 Å². The van der Waals surface area contributed by atoms with Gasteiger partial charge in [-0.25, -0.2) is 9.48 Å². The van der Waals surface area contributed by atoms with Gasteiger partial charge in [-0.3, -0.25) is 4.79 Å². The van der Waals surface area contributed by atoms with Gasteiger partial charge in [0.15, 0.2) is 5.65 Å². The van der Waals surface area contributed by atoms with E-state index in [4.69, 9.17) is 0 Å². The second kappa shape index (κ2) is 7.95. The number of aryl methyl sites for hydroxylation is 2. The Morgan fingerprint density at radius 3 is 2.50 bits per heavy atom. The molecule has 2 aromatic carbocycles. The lowest BCUT2D eigenvalue weighted by molar-refractivity contribution is -0.137. The molecule has 0 unspecified atom stereocenters. The zero-order valence-corrected chi connectivity index (χ0v) is 17.1. The van der Waals surface area contributed by atoms with E-state index >= 15 is 0 Å². The number of benzene rings is 2. The molecule has 0 radical (unpaired) electrons. The van der Waals surface area contributed by atoms with E-state index in [1.165, 1.54) is 12.1 Å². The number of hydrogen-bond donors (Lipinski definition) is 1. The Kier molecular flexibility index (Phi) is 5.29. The Morgan fingerprint density at radius 2 is 1.78 bits per heavy atom. The third-order valence-corrected chi connectivity index (χ3v) is 5.01. The quantitative estimate of drug-likeness (QED) is 0.522. The number of carbonyl (C=O) groups excluding carboxylic acids is 1. The molecule has 4 aromatic rings. The summed E-state index contributed by atoms with van der Waals surface area (Å²) in [4.78, 5) is 25.0. The highest BCUT2D eigenvalue weighted by atomic mass is 19.4. The second-order valence-electron chi connectivity index (χ2n) is 7.35. The summed E-state index contributed by atoms with van der Waals surface area (Å²) < 4.78 is 40.5. The Hall–Kier alpha value is -3.95. The van der Waals surface area contributed by atoms with Gasteiger partial charge >= 0.3 is 11.9 Å². The molecular weight excluding hydrogens is 423 g/mol. The van der Waals surface area contributed by atoms with Crippen LogP contribution >= 0.6 is 0 Å². The molecule has 0 aliphatic carbocycles. The van der Waals surface area contributed by atoms with Crippen LogP contribution in [0.15, 0.2) is 59.4 Å². The number of rotatable bonds is 4. The molecular formula is C22H18F3N5O2. The SMILES string of the molecule is Cc1ccc(-c2ccc3nn(CC(=O)Nc4cccc(C(F)(F)F)c4)c(=O)n3n2)cc1C. The summed E-state index contributed by atoms with van der Waals surface area (Å²) >= 11 is 0. The largest absolute Gasteiger partial charge is 0.416 e. The number of halogens is 3. The van der Waals surface area contributed by atoms with Crippen LogP contribution < -0.4 is 11.0 Å². The molecule has 0 fully saturated rings. The van der Waals surface area contributed by atoms with Crippen LogP contribution in [0, 0.1) is 13.8 Å². The van der Waals surface area contributed by atoms with Crippen LogP contribution in [0.3, 0.4) is 0 Å². The van der Waals surface area contributed by atoms with Gasteiger partial charge in [-0.1, -0.05) is 18.2 Å². The van der Waals surface area contributed by atoms with Gasteiger partial charge in [-0.15, -0.1) is 5.10 Å². The molecule has 4 rings (SSSR count). The molecule has 1 N–H and O–H groups in total. The molecule has 0 bridgehead atoms. The van der Waals surface area contributed by atoms with E-state index in [1.807, 2.05) is 32.0 Å². The average Bonchev–Trinajstić information content (AvgIpc) is 3.04. The van der Waals surface area contributed by atoms with E-state index in [-0.39, 0.29) is 11.3 Å². The van der Waals surface area contributed by atoms with Gasteiger partial charge in [0.2, 0.25) is 5.91 Å². The number of aromatic nitrogens is 4. The van der Waals surface area contributed by atoms with E-state index in [0.717, 1.165) is 38.0 Å². The van der Waals surface area contributed by atoms with Crippen molar-refractivity contribution in [2.45, 2.75) is 26.6 Å². The van der Waals surface area contributed by atoms with Crippen LogP contribution in [-0.2, 0) is 17.5 Å². The first kappa shape index (κ1) is 21.3. The van der Waals surface area contributed by atoms with Gasteiger partial charge in [0.05, 0.1) is 11.3 Å². The predicted octanol–water partition coefficient (Wildman–Crippen LogP) is 3.83. The summed E-state index contributed by atoms with van der Waals surface area (Å²) in [5, 5.41) is 10.8. The Labute approximate surface area is 180 Å². The lowest BCUT2D eigenvalue weighted by atomic mass is 10.0. The first-order valence-electron chi connectivity index (χ1n) is 9.63. The summed E-state index contributed by atoms with van der Waals surface area (Å²) in [6.45, 7) is 3.50. The van der Waals surface area contributed by atoms with Crippen LogP contribution in [-0.4, -0.2) is 25.3 Å². The summed E-state index contributed by atoms with van der Waals surface area (Å²) in [5.74, 6) is -0.691. The number of alkyl halides is 3. The highest BCUT2D eigenvalue weighted by molar-refractivity contribution is 5.90. The van der Waals surface area contributed by atoms with Crippen LogP contribution in [0.4, 0.5) is 18.9 Å². The molecule has 32 heavy (non-hydrogen) atoms. The maximum absolute atomic E-state index is 12.8. The maximum atomic E-state index is 12.8. The first-order valence-corrected chi connectivity index (χ1v) is 9.63. The standard InChI is InChI=1S/C22H18F3N5O2/c1-13-6-7-15(10-14(13)2)18-8-9-19-28-29(21(32)30(19)27-18)12-20(31)26-17-5-3-4-16(11-17)22(23,24)25/h3-11H,12H2,1-2H3,(H,26,31). The minimum absolute atomic E-state index is 0.0307. The van der Waals surface area contributed by atoms with Crippen molar-refractivity contribution >= 4 is 17.2 Å². The van der Waals surface area contributed by atoms with Crippen molar-refractivity contribution in [1.29, 1.82) is 0 Å². The highest BCUT2D eigenvalue weighted by Gasteiger charge is 2.30. The van der Waals surface area contributed by atoms with E-state index in [1.54, 1.807) is 12.1 Å². The fourth-order valence-electron chi connectivity index (χ4n) is 3.18. The Bertz CT molecular complexity index is 1390. The number of carbonyl (C=O) groups is 1. The van der Waals surface area contributed by atoms with E-state index < -0.39 is 29.9 Å². The van der Waals surface area contributed by atoms with Gasteiger partial charge < -0.3 is 5.32 Å². The summed E-state index contributed by atoms with van der Waals surface area (Å²) in [6.07, 6.45) is -4.53. The van der Waals surface area contributed by atoms with E-state index in [2.05, 4.69) is 15.5 Å². The number of anilines is 1. The molecule has 164 valence electrons. The predicted molar refractivity (Wildman–Crippen MR) is 112 cm³/mol. The van der Waals surface area contributed by atoms with Crippen molar-refractivity contribution in [2.75, 3.05) is 5.32 Å². The van der Waals surface area contributed by atoms with Gasteiger partial charge in [0, 0.05) is 11.3 Å². The molecule has 0 aliphatic heterocycles. The van der Waals surface area contributed by atoms with Crippen LogP contribution in [0.25, 0.3) is 16.9 Å². The third kappa shape index (κ3) is 4.25. The van der Waals surface area contributed by atoms with Crippen molar-refractivity contribution in [2.24, 2.45) is 0 Å². The molecule has 10 heteroatoms. The molecule has 0 saturated heterocycles. The highest BCUT2D eigenvalue weighted by Crippen LogP contribution is 2.30. The minimum atomic E-state index is -4.53. The molecule has 0 saturated carbocycles. The Balaban J connectivity index is 1.57. The molecule has 0 spiro atoms. The lowest BCUT2D eigenvalue weighted by Gasteiger charge is -2.09. The van der Waals surface area contributed by atoms with Crippen molar-refractivity contribution in [3.05, 3.63) is 81.8 Å². The maximum Gasteiger partial charge on any atom is 0.416 e. The zero-order chi connectivity index (χ0) is 23.0. The summed E-state index contributed by atoms with van der Waals surface area (Å²) in [5.41, 5.74) is 2.30. The molecule has 7 nitrogen and oxygen atoms in total. The van der Waals surface area contributed by atoms with E-state index in [9.17, 15) is 22.8 Å². The normalized spacial score (nSPS) is 11.7. The average molecular weight is 441 g/mol. The number of fused-ring (bicyclic) bond motifs is 1.